The van der Waals surface area contributed by atoms with Gasteiger partial charge in [-0.15, -0.1) is 0 Å². The second-order valence-corrected chi connectivity index (χ2v) is 5.80. The molecule has 0 aromatic heterocycles. The lowest BCUT2D eigenvalue weighted by Gasteiger charge is -2.23. The standard InChI is InChI=1S/C17H28N2O/c1-6-13(4)14-7-9-15(10-8-14)17(12(2)3)19-16(20)11-18-5/h7-10,12-13,17-18H,6,11H2,1-5H3,(H,19,20). The van der Waals surface area contributed by atoms with E-state index >= 15 is 0 Å². The number of rotatable bonds is 7. The Labute approximate surface area is 123 Å². The molecule has 0 aliphatic rings. The summed E-state index contributed by atoms with van der Waals surface area (Å²) in [7, 11) is 1.78. The van der Waals surface area contributed by atoms with Crippen LogP contribution in [0.3, 0.4) is 0 Å². The van der Waals surface area contributed by atoms with Crippen molar-refractivity contribution in [1.82, 2.24) is 10.6 Å². The number of likely N-dealkylation sites (N-methyl/N-ethyl adjacent to an activating group) is 1. The van der Waals surface area contributed by atoms with Crippen LogP contribution in [0.1, 0.15) is 57.2 Å². The molecule has 0 spiro atoms. The lowest BCUT2D eigenvalue weighted by atomic mass is 9.92. The summed E-state index contributed by atoms with van der Waals surface area (Å²) in [6.45, 7) is 9.06. The second-order valence-electron chi connectivity index (χ2n) is 5.80. The van der Waals surface area contributed by atoms with Gasteiger partial charge in [0.15, 0.2) is 0 Å². The predicted molar refractivity (Wildman–Crippen MR) is 84.8 cm³/mol. The number of hydrogen-bond donors (Lipinski definition) is 2. The van der Waals surface area contributed by atoms with Crippen molar-refractivity contribution in [3.8, 4) is 0 Å². The Morgan fingerprint density at radius 1 is 1.10 bits per heavy atom. The lowest BCUT2D eigenvalue weighted by molar-refractivity contribution is -0.121. The van der Waals surface area contributed by atoms with Crippen LogP contribution >= 0.6 is 0 Å². The zero-order valence-electron chi connectivity index (χ0n) is 13.4. The van der Waals surface area contributed by atoms with E-state index in [0.717, 1.165) is 6.42 Å². The molecule has 0 saturated carbocycles. The van der Waals surface area contributed by atoms with Gasteiger partial charge in [-0.3, -0.25) is 4.79 Å². The number of nitrogens with one attached hydrogen (secondary N) is 2. The van der Waals surface area contributed by atoms with Gasteiger partial charge in [-0.2, -0.15) is 0 Å². The minimum absolute atomic E-state index is 0.0391. The summed E-state index contributed by atoms with van der Waals surface area (Å²) in [6, 6.07) is 8.73. The molecule has 3 nitrogen and oxygen atoms in total. The molecule has 1 amide bonds. The van der Waals surface area contributed by atoms with Crippen LogP contribution < -0.4 is 10.6 Å². The van der Waals surface area contributed by atoms with Crippen molar-refractivity contribution in [3.05, 3.63) is 35.4 Å². The summed E-state index contributed by atoms with van der Waals surface area (Å²) in [5, 5.41) is 5.98. The van der Waals surface area contributed by atoms with Gasteiger partial charge < -0.3 is 10.6 Å². The molecule has 0 radical (unpaired) electrons. The molecule has 0 fully saturated rings. The van der Waals surface area contributed by atoms with Gasteiger partial charge in [0.05, 0.1) is 12.6 Å². The molecule has 1 rings (SSSR count). The fourth-order valence-corrected chi connectivity index (χ4v) is 2.29. The first-order valence-corrected chi connectivity index (χ1v) is 7.53. The summed E-state index contributed by atoms with van der Waals surface area (Å²) in [5.74, 6) is 0.989. The molecule has 0 aliphatic heterocycles. The highest BCUT2D eigenvalue weighted by Gasteiger charge is 2.18. The van der Waals surface area contributed by atoms with Gasteiger partial charge in [0.25, 0.3) is 0 Å². The number of amides is 1. The van der Waals surface area contributed by atoms with E-state index in [-0.39, 0.29) is 11.9 Å². The fraction of sp³-hybridized carbons (Fsp3) is 0.588. The first-order valence-electron chi connectivity index (χ1n) is 7.53. The Balaban J connectivity index is 2.84. The third kappa shape index (κ3) is 4.64. The molecule has 0 bridgehead atoms. The number of carbonyl (C=O) groups excluding carboxylic acids is 1. The molecule has 1 aromatic carbocycles. The Kier molecular flexibility index (Phi) is 6.73. The van der Waals surface area contributed by atoms with Crippen molar-refractivity contribution in [3.63, 3.8) is 0 Å². The Hall–Kier alpha value is -1.35. The third-order valence-corrected chi connectivity index (χ3v) is 3.80. The van der Waals surface area contributed by atoms with Crippen LogP contribution in [0.25, 0.3) is 0 Å². The second kappa shape index (κ2) is 8.05. The SMILES string of the molecule is CCC(C)c1ccc(C(NC(=O)CNC)C(C)C)cc1. The van der Waals surface area contributed by atoms with Crippen LogP contribution in [-0.4, -0.2) is 19.5 Å². The van der Waals surface area contributed by atoms with E-state index in [1.807, 2.05) is 0 Å². The first kappa shape index (κ1) is 16.7. The van der Waals surface area contributed by atoms with E-state index in [0.29, 0.717) is 18.4 Å². The molecule has 0 heterocycles. The molecule has 1 aromatic rings. The summed E-state index contributed by atoms with van der Waals surface area (Å²) in [6.07, 6.45) is 1.14. The van der Waals surface area contributed by atoms with Crippen molar-refractivity contribution < 1.29 is 4.79 Å². The summed E-state index contributed by atoms with van der Waals surface area (Å²) in [5.41, 5.74) is 2.54. The van der Waals surface area contributed by atoms with Gasteiger partial charge in [-0.1, -0.05) is 52.0 Å². The van der Waals surface area contributed by atoms with E-state index in [4.69, 9.17) is 0 Å². The van der Waals surface area contributed by atoms with E-state index in [2.05, 4.69) is 62.6 Å². The molecule has 2 atom stereocenters. The van der Waals surface area contributed by atoms with Crippen LogP contribution in [0.15, 0.2) is 24.3 Å². The average molecular weight is 276 g/mol. The highest BCUT2D eigenvalue weighted by Crippen LogP contribution is 2.25. The summed E-state index contributed by atoms with van der Waals surface area (Å²) in [4.78, 5) is 11.8. The summed E-state index contributed by atoms with van der Waals surface area (Å²) < 4.78 is 0. The molecular weight excluding hydrogens is 248 g/mol. The molecule has 0 saturated heterocycles. The van der Waals surface area contributed by atoms with E-state index in [1.165, 1.54) is 11.1 Å². The number of benzene rings is 1. The van der Waals surface area contributed by atoms with Gasteiger partial charge in [-0.25, -0.2) is 0 Å². The van der Waals surface area contributed by atoms with Crippen LogP contribution in [0, 0.1) is 5.92 Å². The van der Waals surface area contributed by atoms with E-state index < -0.39 is 0 Å². The van der Waals surface area contributed by atoms with Crippen molar-refractivity contribution in [2.75, 3.05) is 13.6 Å². The van der Waals surface area contributed by atoms with Crippen molar-refractivity contribution >= 4 is 5.91 Å². The van der Waals surface area contributed by atoms with Gasteiger partial charge in [-0.05, 0) is 36.4 Å². The van der Waals surface area contributed by atoms with Gasteiger partial charge >= 0.3 is 0 Å². The van der Waals surface area contributed by atoms with Crippen molar-refractivity contribution in [1.29, 1.82) is 0 Å². The largest absolute Gasteiger partial charge is 0.348 e. The van der Waals surface area contributed by atoms with E-state index in [1.54, 1.807) is 7.05 Å². The fourth-order valence-electron chi connectivity index (χ4n) is 2.29. The minimum atomic E-state index is 0.0391. The van der Waals surface area contributed by atoms with Crippen LogP contribution in [-0.2, 0) is 4.79 Å². The molecular formula is C17H28N2O. The third-order valence-electron chi connectivity index (χ3n) is 3.80. The summed E-state index contributed by atoms with van der Waals surface area (Å²) >= 11 is 0. The topological polar surface area (TPSA) is 41.1 Å². The van der Waals surface area contributed by atoms with Gasteiger partial charge in [0, 0.05) is 0 Å². The van der Waals surface area contributed by atoms with Crippen LogP contribution in [0.4, 0.5) is 0 Å². The zero-order valence-corrected chi connectivity index (χ0v) is 13.4. The average Bonchev–Trinajstić information content (AvgIpc) is 2.44. The first-order chi connectivity index (χ1) is 9.49. The van der Waals surface area contributed by atoms with Crippen molar-refractivity contribution in [2.24, 2.45) is 5.92 Å². The molecule has 2 unspecified atom stereocenters. The lowest BCUT2D eigenvalue weighted by Crippen LogP contribution is -2.37. The highest BCUT2D eigenvalue weighted by molar-refractivity contribution is 5.78. The Bertz CT molecular complexity index is 412. The van der Waals surface area contributed by atoms with Crippen LogP contribution in [0.2, 0.25) is 0 Å². The Morgan fingerprint density at radius 3 is 2.10 bits per heavy atom. The maximum absolute atomic E-state index is 11.8. The number of hydrogen-bond acceptors (Lipinski definition) is 2. The van der Waals surface area contributed by atoms with Gasteiger partial charge in [0.1, 0.15) is 0 Å². The van der Waals surface area contributed by atoms with Gasteiger partial charge in [0.2, 0.25) is 5.91 Å². The zero-order chi connectivity index (χ0) is 15.1. The normalized spacial score (nSPS) is 14.1. The molecule has 112 valence electrons. The predicted octanol–water partition coefficient (Wildman–Crippen LogP) is 3.23. The Morgan fingerprint density at radius 2 is 1.65 bits per heavy atom. The molecule has 3 heteroatoms. The highest BCUT2D eigenvalue weighted by atomic mass is 16.1. The maximum Gasteiger partial charge on any atom is 0.234 e. The quantitative estimate of drug-likeness (QED) is 0.803. The smallest absolute Gasteiger partial charge is 0.234 e. The van der Waals surface area contributed by atoms with E-state index in [9.17, 15) is 4.79 Å². The number of carbonyl (C=O) groups is 1. The minimum Gasteiger partial charge on any atom is -0.348 e. The van der Waals surface area contributed by atoms with Crippen molar-refractivity contribution in [2.45, 2.75) is 46.1 Å². The van der Waals surface area contributed by atoms with Crippen LogP contribution in [0.5, 0.6) is 0 Å². The molecule has 2 N–H and O–H groups in total. The molecule has 20 heavy (non-hydrogen) atoms. The maximum atomic E-state index is 11.8. The monoisotopic (exact) mass is 276 g/mol. The molecule has 0 aliphatic carbocycles.